The van der Waals surface area contributed by atoms with Crippen LogP contribution in [0.2, 0.25) is 0 Å². The van der Waals surface area contributed by atoms with Crippen LogP contribution in [0, 0.1) is 6.92 Å². The second kappa shape index (κ2) is 9.35. The highest BCUT2D eigenvalue weighted by molar-refractivity contribution is 5.36. The topological polar surface area (TPSA) is 53.8 Å². The Balaban J connectivity index is 1.62. The lowest BCUT2D eigenvalue weighted by Crippen LogP contribution is -2.52. The fraction of sp³-hybridized carbons (Fsp3) is 0.571. The summed E-state index contributed by atoms with van der Waals surface area (Å²) in [4.78, 5) is 4.98. The molecule has 1 aromatic carbocycles. The minimum absolute atomic E-state index is 0.227. The van der Waals surface area contributed by atoms with Crippen LogP contribution in [0.5, 0.6) is 5.75 Å². The van der Waals surface area contributed by atoms with E-state index in [9.17, 15) is 5.11 Å². The van der Waals surface area contributed by atoms with Crippen LogP contribution in [-0.4, -0.2) is 64.1 Å². The summed E-state index contributed by atoms with van der Waals surface area (Å²) in [6.45, 7) is 10.2. The summed E-state index contributed by atoms with van der Waals surface area (Å²) in [6, 6.07) is 6.77. The number of rotatable bonds is 8. The van der Waals surface area contributed by atoms with Gasteiger partial charge in [0.2, 0.25) is 0 Å². The first-order chi connectivity index (χ1) is 13.1. The number of aromatic nitrogens is 2. The summed E-state index contributed by atoms with van der Waals surface area (Å²) in [7, 11) is 1.71. The number of aliphatic hydroxyl groups excluding tert-OH is 1. The number of hydrogen-bond acceptors (Lipinski definition) is 5. The van der Waals surface area contributed by atoms with E-state index >= 15 is 0 Å². The van der Waals surface area contributed by atoms with Crippen molar-refractivity contribution in [1.82, 2.24) is 19.6 Å². The SMILES string of the molecule is CCn1cc(CN2CCN(Cc3ccc(OC)c(C)c3)[C@H](CCO)C2)cn1. The Morgan fingerprint density at radius 2 is 2.07 bits per heavy atom. The number of methoxy groups -OCH3 is 1. The van der Waals surface area contributed by atoms with Gasteiger partial charge < -0.3 is 9.84 Å². The van der Waals surface area contributed by atoms with Crippen molar-refractivity contribution in [2.75, 3.05) is 33.4 Å². The van der Waals surface area contributed by atoms with E-state index < -0.39 is 0 Å². The molecule has 0 saturated carbocycles. The molecule has 1 N–H and O–H groups in total. The maximum atomic E-state index is 9.55. The predicted molar refractivity (Wildman–Crippen MR) is 107 cm³/mol. The number of nitrogens with zero attached hydrogens (tertiary/aromatic N) is 4. The number of ether oxygens (including phenoxy) is 1. The third-order valence-electron chi connectivity index (χ3n) is 5.41. The highest BCUT2D eigenvalue weighted by Crippen LogP contribution is 2.22. The van der Waals surface area contributed by atoms with Crippen LogP contribution in [0.25, 0.3) is 0 Å². The van der Waals surface area contributed by atoms with Gasteiger partial charge in [0.25, 0.3) is 0 Å². The fourth-order valence-electron chi connectivity index (χ4n) is 3.92. The molecular weight excluding hydrogens is 340 g/mol. The van der Waals surface area contributed by atoms with Gasteiger partial charge in [0.05, 0.1) is 13.3 Å². The minimum Gasteiger partial charge on any atom is -0.496 e. The zero-order valence-corrected chi connectivity index (χ0v) is 16.8. The number of aryl methyl sites for hydroxylation is 2. The highest BCUT2D eigenvalue weighted by Gasteiger charge is 2.27. The van der Waals surface area contributed by atoms with Gasteiger partial charge in [-0.1, -0.05) is 12.1 Å². The molecule has 3 rings (SSSR count). The lowest BCUT2D eigenvalue weighted by Gasteiger charge is -2.41. The van der Waals surface area contributed by atoms with Gasteiger partial charge in [-0.15, -0.1) is 0 Å². The summed E-state index contributed by atoms with van der Waals surface area (Å²) in [5.41, 5.74) is 3.73. The quantitative estimate of drug-likeness (QED) is 0.771. The van der Waals surface area contributed by atoms with Crippen molar-refractivity contribution in [2.24, 2.45) is 0 Å². The van der Waals surface area contributed by atoms with Gasteiger partial charge in [-0.2, -0.15) is 5.10 Å². The number of aliphatic hydroxyl groups is 1. The van der Waals surface area contributed by atoms with Crippen LogP contribution >= 0.6 is 0 Å². The molecule has 1 aliphatic rings. The van der Waals surface area contributed by atoms with E-state index in [2.05, 4.69) is 47.1 Å². The zero-order valence-electron chi connectivity index (χ0n) is 16.8. The van der Waals surface area contributed by atoms with E-state index in [0.717, 1.165) is 51.4 Å². The van der Waals surface area contributed by atoms with Gasteiger partial charge in [-0.05, 0) is 37.5 Å². The van der Waals surface area contributed by atoms with Crippen molar-refractivity contribution in [1.29, 1.82) is 0 Å². The summed E-state index contributed by atoms with van der Waals surface area (Å²) >= 11 is 0. The van der Waals surface area contributed by atoms with Crippen LogP contribution < -0.4 is 4.74 Å². The smallest absolute Gasteiger partial charge is 0.121 e. The minimum atomic E-state index is 0.227. The van der Waals surface area contributed by atoms with Crippen molar-refractivity contribution in [2.45, 2.75) is 45.9 Å². The second-order valence-electron chi connectivity index (χ2n) is 7.38. The molecule has 0 unspecified atom stereocenters. The molecule has 27 heavy (non-hydrogen) atoms. The van der Waals surface area contributed by atoms with Gasteiger partial charge in [0.15, 0.2) is 0 Å². The molecule has 0 spiro atoms. The second-order valence-corrected chi connectivity index (χ2v) is 7.38. The molecule has 1 aromatic heterocycles. The molecule has 1 atom stereocenters. The molecule has 2 aromatic rings. The highest BCUT2D eigenvalue weighted by atomic mass is 16.5. The Labute approximate surface area is 162 Å². The lowest BCUT2D eigenvalue weighted by atomic mass is 10.1. The Morgan fingerprint density at radius 3 is 2.74 bits per heavy atom. The Hall–Kier alpha value is -1.89. The molecule has 6 heteroatoms. The standard InChI is InChI=1S/C21H32N4O2/c1-4-25-15-19(12-22-25)13-23-8-9-24(20(16-23)7-10-26)14-18-5-6-21(27-3)17(2)11-18/h5-6,11-12,15,20,26H,4,7-10,13-14,16H2,1-3H3/t20-/m1/s1. The maximum absolute atomic E-state index is 9.55. The van der Waals surface area contributed by atoms with Gasteiger partial charge in [0, 0.05) is 63.7 Å². The first kappa shape index (κ1) is 19.9. The first-order valence-corrected chi connectivity index (χ1v) is 9.85. The summed E-state index contributed by atoms with van der Waals surface area (Å²) in [6.07, 6.45) is 4.91. The van der Waals surface area contributed by atoms with Gasteiger partial charge >= 0.3 is 0 Å². The molecule has 0 aliphatic carbocycles. The Bertz CT molecular complexity index is 731. The average Bonchev–Trinajstić information content (AvgIpc) is 3.12. The molecule has 0 amide bonds. The van der Waals surface area contributed by atoms with Crippen molar-refractivity contribution in [3.8, 4) is 5.75 Å². The van der Waals surface area contributed by atoms with Crippen molar-refractivity contribution >= 4 is 0 Å². The summed E-state index contributed by atoms with van der Waals surface area (Å²) in [5, 5.41) is 13.9. The average molecular weight is 373 g/mol. The molecule has 1 fully saturated rings. The van der Waals surface area contributed by atoms with E-state index in [1.165, 1.54) is 16.7 Å². The predicted octanol–water partition coefficient (Wildman–Crippen LogP) is 2.29. The third kappa shape index (κ3) is 5.09. The van der Waals surface area contributed by atoms with Gasteiger partial charge in [0.1, 0.15) is 5.75 Å². The molecule has 1 aliphatic heterocycles. The van der Waals surface area contributed by atoms with E-state index in [0.29, 0.717) is 6.04 Å². The van der Waals surface area contributed by atoms with E-state index in [-0.39, 0.29) is 6.61 Å². The fourth-order valence-corrected chi connectivity index (χ4v) is 3.92. The van der Waals surface area contributed by atoms with Crippen LogP contribution in [0.15, 0.2) is 30.6 Å². The van der Waals surface area contributed by atoms with Crippen LogP contribution in [0.4, 0.5) is 0 Å². The van der Waals surface area contributed by atoms with E-state index in [4.69, 9.17) is 4.74 Å². The van der Waals surface area contributed by atoms with Crippen LogP contribution in [0.1, 0.15) is 30.0 Å². The molecule has 0 bridgehead atoms. The van der Waals surface area contributed by atoms with Crippen LogP contribution in [-0.2, 0) is 19.6 Å². The Kier molecular flexibility index (Phi) is 6.88. The van der Waals surface area contributed by atoms with Crippen LogP contribution in [0.3, 0.4) is 0 Å². The van der Waals surface area contributed by atoms with Crippen molar-refractivity contribution in [3.05, 3.63) is 47.3 Å². The molecule has 1 saturated heterocycles. The first-order valence-electron chi connectivity index (χ1n) is 9.85. The summed E-state index contributed by atoms with van der Waals surface area (Å²) < 4.78 is 7.34. The largest absolute Gasteiger partial charge is 0.496 e. The number of piperazine rings is 1. The van der Waals surface area contributed by atoms with Gasteiger partial charge in [-0.3, -0.25) is 14.5 Å². The van der Waals surface area contributed by atoms with E-state index in [1.54, 1.807) is 7.11 Å². The number of hydrogen-bond donors (Lipinski definition) is 1. The van der Waals surface area contributed by atoms with Crippen molar-refractivity contribution < 1.29 is 9.84 Å². The lowest BCUT2D eigenvalue weighted by molar-refractivity contribution is 0.0499. The third-order valence-corrected chi connectivity index (χ3v) is 5.41. The monoisotopic (exact) mass is 372 g/mol. The van der Waals surface area contributed by atoms with E-state index in [1.807, 2.05) is 16.9 Å². The zero-order chi connectivity index (χ0) is 19.2. The molecule has 148 valence electrons. The summed E-state index contributed by atoms with van der Waals surface area (Å²) in [5.74, 6) is 0.933. The molecule has 6 nitrogen and oxygen atoms in total. The molecule has 2 heterocycles. The molecular formula is C21H32N4O2. The number of benzene rings is 1. The normalized spacial score (nSPS) is 18.7. The van der Waals surface area contributed by atoms with Gasteiger partial charge in [-0.25, -0.2) is 0 Å². The maximum Gasteiger partial charge on any atom is 0.121 e. The van der Waals surface area contributed by atoms with Crippen molar-refractivity contribution in [3.63, 3.8) is 0 Å². The Morgan fingerprint density at radius 1 is 1.22 bits per heavy atom. The molecule has 0 radical (unpaired) electrons.